The molecule has 1 aliphatic rings. The zero-order valence-electron chi connectivity index (χ0n) is 17.5. The van der Waals surface area contributed by atoms with Crippen molar-refractivity contribution in [2.75, 3.05) is 0 Å². The Morgan fingerprint density at radius 3 is 2.32 bits per heavy atom. The van der Waals surface area contributed by atoms with Crippen molar-refractivity contribution in [3.05, 3.63) is 119 Å². The van der Waals surface area contributed by atoms with Gasteiger partial charge in [0.1, 0.15) is 0 Å². The number of hydrogen-bond donors (Lipinski definition) is 0. The third-order valence-corrected chi connectivity index (χ3v) is 4.69. The maximum Gasteiger partial charge on any atom is 1.00 e. The minimum absolute atomic E-state index is 0. The summed E-state index contributed by atoms with van der Waals surface area (Å²) >= 11 is 0. The number of unbranched alkanes of at least 4 members (excludes halogenated alkanes) is 1. The van der Waals surface area contributed by atoms with E-state index in [1.165, 1.54) is 36.0 Å². The molecule has 0 radical (unpaired) electrons. The van der Waals surface area contributed by atoms with E-state index in [0.717, 1.165) is 12.2 Å². The molecule has 3 heteroatoms. The maximum absolute atomic E-state index is 4.87. The average Bonchev–Trinajstić information content (AvgIpc) is 2.71. The van der Waals surface area contributed by atoms with Crippen LogP contribution in [0, 0.1) is 6.42 Å². The largest absolute Gasteiger partial charge is 1.00 e. The Hall–Kier alpha value is -1.48. The average molecular weight is 355 g/mol. The third-order valence-electron chi connectivity index (χ3n) is 4.69. The molecule has 28 heavy (non-hydrogen) atoms. The van der Waals surface area contributed by atoms with Gasteiger partial charge in [-0.3, -0.25) is 0 Å². The van der Waals surface area contributed by atoms with Gasteiger partial charge in [-0.15, -0.1) is 25.1 Å². The first kappa shape index (κ1) is 24.6. The minimum atomic E-state index is 0. The van der Waals surface area contributed by atoms with Gasteiger partial charge in [0.05, 0.1) is 0 Å². The van der Waals surface area contributed by atoms with Gasteiger partial charge >= 0.3 is 37.7 Å². The second-order valence-electron chi connectivity index (χ2n) is 6.69. The van der Waals surface area contributed by atoms with E-state index in [1.807, 2.05) is 6.07 Å². The van der Waals surface area contributed by atoms with Crippen LogP contribution in [0.15, 0.2) is 96.2 Å². The van der Waals surface area contributed by atoms with E-state index >= 15 is 0 Å². The molecule has 0 fully saturated rings. The molecule has 1 aliphatic carbocycles. The van der Waals surface area contributed by atoms with E-state index in [0.29, 0.717) is 5.92 Å². The smallest absolute Gasteiger partial charge is 0.725 e. The zero-order chi connectivity index (χ0) is 18.0. The number of hydrogen-bond acceptors (Lipinski definition) is 0. The summed E-state index contributed by atoms with van der Waals surface area (Å²) in [4.78, 5) is 0. The second kappa shape index (κ2) is 13.7. The fraction of sp³-hybridized carbons (Fsp3) is 0.240. The molecule has 0 bridgehead atoms. The maximum atomic E-state index is 4.87. The molecular formula is C25H27Li2N. The first-order valence-electron chi connectivity index (χ1n) is 9.57. The van der Waals surface area contributed by atoms with Crippen molar-refractivity contribution in [1.29, 1.82) is 0 Å². The van der Waals surface area contributed by atoms with Crippen molar-refractivity contribution in [3.63, 3.8) is 0 Å². The number of allylic oxidation sites excluding steroid dienone is 5. The van der Waals surface area contributed by atoms with Crippen LogP contribution in [0.4, 0.5) is 0 Å². The van der Waals surface area contributed by atoms with Gasteiger partial charge in [-0.05, 0) is 11.5 Å². The Kier molecular flexibility index (Phi) is 12.0. The molecule has 1 unspecified atom stereocenters. The zero-order valence-corrected chi connectivity index (χ0v) is 17.5. The third kappa shape index (κ3) is 7.51. The predicted octanol–water partition coefficient (Wildman–Crippen LogP) is 1.13. The van der Waals surface area contributed by atoms with Gasteiger partial charge < -0.3 is 5.32 Å². The standard InChI is InChI=1S/C25H27N.2Li/c1-2-3-14-23(22-15-8-5-9-16-22)19-24-17-10-11-18-25(24)26-20-21-12-6-4-7-13-21;;/h4-13,15-19,23H,2-3,14,20H2,1H3;;/q-2;2*+1/b24-19+;;. The molecule has 0 heterocycles. The topological polar surface area (TPSA) is 14.1 Å². The van der Waals surface area contributed by atoms with Crippen LogP contribution in [0.3, 0.4) is 0 Å². The van der Waals surface area contributed by atoms with Gasteiger partial charge in [0, 0.05) is 0 Å². The number of benzene rings is 2. The molecule has 0 aromatic heterocycles. The van der Waals surface area contributed by atoms with Crippen molar-refractivity contribution in [3.8, 4) is 0 Å². The Bertz CT molecular complexity index is 764. The fourth-order valence-electron chi connectivity index (χ4n) is 3.22. The molecular weight excluding hydrogens is 328 g/mol. The minimum Gasteiger partial charge on any atom is -0.725 e. The van der Waals surface area contributed by atoms with Gasteiger partial charge in [0.15, 0.2) is 0 Å². The molecule has 1 atom stereocenters. The quantitative estimate of drug-likeness (QED) is 0.498. The van der Waals surface area contributed by atoms with E-state index in [2.05, 4.69) is 92.2 Å². The normalized spacial score (nSPS) is 14.9. The summed E-state index contributed by atoms with van der Waals surface area (Å²) in [6.45, 7) is 2.97. The summed E-state index contributed by atoms with van der Waals surface area (Å²) in [5, 5.41) is 4.87. The summed E-state index contributed by atoms with van der Waals surface area (Å²) < 4.78 is 0. The molecule has 2 aromatic carbocycles. The van der Waals surface area contributed by atoms with Gasteiger partial charge in [0.2, 0.25) is 0 Å². The first-order chi connectivity index (χ1) is 12.9. The van der Waals surface area contributed by atoms with Crippen LogP contribution in [0.1, 0.15) is 43.2 Å². The van der Waals surface area contributed by atoms with Crippen molar-refractivity contribution in [2.24, 2.45) is 0 Å². The summed E-state index contributed by atoms with van der Waals surface area (Å²) in [7, 11) is 0. The monoisotopic (exact) mass is 355 g/mol. The molecule has 134 valence electrons. The van der Waals surface area contributed by atoms with Crippen molar-refractivity contribution < 1.29 is 37.7 Å². The van der Waals surface area contributed by atoms with E-state index in [4.69, 9.17) is 5.32 Å². The first-order valence-corrected chi connectivity index (χ1v) is 9.57. The van der Waals surface area contributed by atoms with Crippen LogP contribution < -0.4 is 37.7 Å². The van der Waals surface area contributed by atoms with Crippen molar-refractivity contribution in [2.45, 2.75) is 38.6 Å². The predicted molar refractivity (Wildman–Crippen MR) is 112 cm³/mol. The molecule has 0 saturated carbocycles. The van der Waals surface area contributed by atoms with Gasteiger partial charge in [0.25, 0.3) is 0 Å². The van der Waals surface area contributed by atoms with Crippen LogP contribution in [0.25, 0.3) is 5.32 Å². The van der Waals surface area contributed by atoms with E-state index < -0.39 is 0 Å². The fourth-order valence-corrected chi connectivity index (χ4v) is 3.22. The second-order valence-corrected chi connectivity index (χ2v) is 6.69. The SMILES string of the molecule is CCCCC(/C=C1\[CH-]C=CC=C1[N-]Cc1ccccc1)c1ccccc1.[Li+].[Li+]. The molecule has 2 aromatic rings. The van der Waals surface area contributed by atoms with Gasteiger partial charge in [-0.1, -0.05) is 92.4 Å². The molecule has 3 rings (SSSR count). The summed E-state index contributed by atoms with van der Waals surface area (Å²) in [6.07, 6.45) is 14.5. The molecule has 0 amide bonds. The van der Waals surface area contributed by atoms with Crippen LogP contribution >= 0.6 is 0 Å². The summed E-state index contributed by atoms with van der Waals surface area (Å²) in [5.74, 6) is 0.434. The summed E-state index contributed by atoms with van der Waals surface area (Å²) in [6, 6.07) is 21.3. The van der Waals surface area contributed by atoms with E-state index in [9.17, 15) is 0 Å². The molecule has 0 spiro atoms. The Morgan fingerprint density at radius 2 is 1.64 bits per heavy atom. The Balaban J connectivity index is 0.00000196. The Morgan fingerprint density at radius 1 is 0.964 bits per heavy atom. The van der Waals surface area contributed by atoms with Crippen LogP contribution in [0.2, 0.25) is 0 Å². The molecule has 0 saturated heterocycles. The summed E-state index contributed by atoms with van der Waals surface area (Å²) in [5.41, 5.74) is 4.94. The molecule has 0 N–H and O–H groups in total. The van der Waals surface area contributed by atoms with Crippen LogP contribution in [0.5, 0.6) is 0 Å². The van der Waals surface area contributed by atoms with Gasteiger partial charge in [-0.2, -0.15) is 17.7 Å². The molecule has 1 nitrogen and oxygen atoms in total. The number of rotatable bonds is 8. The van der Waals surface area contributed by atoms with Crippen molar-refractivity contribution in [1.82, 2.24) is 0 Å². The van der Waals surface area contributed by atoms with E-state index in [1.54, 1.807) is 0 Å². The molecule has 0 aliphatic heterocycles. The van der Waals surface area contributed by atoms with Crippen LogP contribution in [-0.2, 0) is 6.54 Å². The van der Waals surface area contributed by atoms with Crippen molar-refractivity contribution >= 4 is 0 Å². The van der Waals surface area contributed by atoms with Gasteiger partial charge in [-0.25, -0.2) is 5.70 Å². The Labute approximate surface area is 194 Å². The number of nitrogens with zero attached hydrogens (tertiary/aromatic N) is 1. The van der Waals surface area contributed by atoms with E-state index in [-0.39, 0.29) is 37.7 Å². The van der Waals surface area contributed by atoms with Crippen LogP contribution in [-0.4, -0.2) is 0 Å².